The van der Waals surface area contributed by atoms with Gasteiger partial charge in [0.2, 0.25) is 0 Å². The van der Waals surface area contributed by atoms with Gasteiger partial charge in [-0.3, -0.25) is 4.79 Å². The third kappa shape index (κ3) is 1.95. The van der Waals surface area contributed by atoms with Crippen LogP contribution in [-0.2, 0) is 0 Å². The maximum absolute atomic E-state index is 11.9. The predicted molar refractivity (Wildman–Crippen MR) is 70.1 cm³/mol. The van der Waals surface area contributed by atoms with Gasteiger partial charge in [-0.2, -0.15) is 4.68 Å². The second-order valence-electron chi connectivity index (χ2n) is 4.41. The van der Waals surface area contributed by atoms with Crippen molar-refractivity contribution in [1.29, 1.82) is 0 Å². The van der Waals surface area contributed by atoms with Crippen molar-refractivity contribution < 1.29 is 5.11 Å². The molecule has 94 valence electrons. The van der Waals surface area contributed by atoms with Crippen LogP contribution in [0.1, 0.15) is 16.7 Å². The Morgan fingerprint density at radius 3 is 2.28 bits per heavy atom. The van der Waals surface area contributed by atoms with Crippen molar-refractivity contribution in [3.05, 3.63) is 45.2 Å². The largest absolute Gasteiger partial charge is 0.504 e. The fraction of sp³-hybridized carbons (Fsp3) is 0.231. The summed E-state index contributed by atoms with van der Waals surface area (Å²) in [6, 6.07) is 5.01. The Kier molecular flexibility index (Phi) is 2.82. The first-order valence-electron chi connectivity index (χ1n) is 5.57. The minimum Gasteiger partial charge on any atom is -0.504 e. The van der Waals surface area contributed by atoms with Gasteiger partial charge in [-0.05, 0) is 31.9 Å². The number of hydrogen-bond donors (Lipinski definition) is 2. The molecule has 0 spiro atoms. The molecule has 0 aliphatic carbocycles. The number of nitrogens with zero attached hydrogens (tertiary/aromatic N) is 2. The van der Waals surface area contributed by atoms with E-state index in [1.165, 1.54) is 4.68 Å². The summed E-state index contributed by atoms with van der Waals surface area (Å²) in [6.07, 6.45) is 0. The van der Waals surface area contributed by atoms with E-state index < -0.39 is 5.56 Å². The predicted octanol–water partition coefficient (Wildman–Crippen LogP) is 1.45. The van der Waals surface area contributed by atoms with Crippen molar-refractivity contribution in [1.82, 2.24) is 9.78 Å². The van der Waals surface area contributed by atoms with Crippen molar-refractivity contribution >= 4 is 5.82 Å². The van der Waals surface area contributed by atoms with E-state index in [4.69, 9.17) is 5.73 Å². The van der Waals surface area contributed by atoms with E-state index in [9.17, 15) is 9.90 Å². The van der Waals surface area contributed by atoms with Crippen LogP contribution in [-0.4, -0.2) is 14.9 Å². The molecule has 1 aromatic carbocycles. The number of aromatic hydroxyl groups is 1. The minimum absolute atomic E-state index is 0.0611. The highest BCUT2D eigenvalue weighted by Crippen LogP contribution is 2.20. The molecule has 0 unspecified atom stereocenters. The molecule has 0 saturated heterocycles. The molecule has 2 aromatic rings. The maximum atomic E-state index is 11.9. The minimum atomic E-state index is -0.406. The number of nitrogens with two attached hydrogens (primary N) is 1. The molecule has 0 aliphatic heterocycles. The highest BCUT2D eigenvalue weighted by atomic mass is 16.3. The number of anilines is 1. The second-order valence-corrected chi connectivity index (χ2v) is 4.41. The Hall–Kier alpha value is -2.30. The van der Waals surface area contributed by atoms with E-state index in [2.05, 4.69) is 5.10 Å². The fourth-order valence-electron chi connectivity index (χ4n) is 2.13. The van der Waals surface area contributed by atoms with Gasteiger partial charge in [-0.1, -0.05) is 17.7 Å². The monoisotopic (exact) mass is 245 g/mol. The average molecular weight is 245 g/mol. The molecule has 0 saturated carbocycles. The zero-order valence-electron chi connectivity index (χ0n) is 10.6. The van der Waals surface area contributed by atoms with E-state index in [0.717, 1.165) is 22.8 Å². The number of aromatic nitrogens is 2. The molecule has 2 rings (SSSR count). The van der Waals surface area contributed by atoms with Crippen LogP contribution in [0, 0.1) is 20.8 Å². The second kappa shape index (κ2) is 4.18. The van der Waals surface area contributed by atoms with E-state index in [1.54, 1.807) is 0 Å². The molecule has 1 heterocycles. The van der Waals surface area contributed by atoms with Gasteiger partial charge in [0.1, 0.15) is 0 Å². The molecule has 0 atom stereocenters. The van der Waals surface area contributed by atoms with Gasteiger partial charge in [0.05, 0.1) is 11.8 Å². The summed E-state index contributed by atoms with van der Waals surface area (Å²) in [4.78, 5) is 11.9. The summed E-state index contributed by atoms with van der Waals surface area (Å²) >= 11 is 0. The van der Waals surface area contributed by atoms with Crippen LogP contribution >= 0.6 is 0 Å². The topological polar surface area (TPSA) is 81.1 Å². The van der Waals surface area contributed by atoms with Crippen LogP contribution in [0.4, 0.5) is 5.82 Å². The number of nitrogen functional groups attached to an aromatic ring is 1. The molecule has 0 fully saturated rings. The molecule has 5 nitrogen and oxygen atoms in total. The Bertz CT molecular complexity index is 651. The van der Waals surface area contributed by atoms with Gasteiger partial charge in [-0.25, -0.2) is 0 Å². The van der Waals surface area contributed by atoms with Crippen molar-refractivity contribution in [3.8, 4) is 11.4 Å². The molecule has 18 heavy (non-hydrogen) atoms. The summed E-state index contributed by atoms with van der Waals surface area (Å²) < 4.78 is 1.22. The van der Waals surface area contributed by atoms with E-state index in [1.807, 2.05) is 32.9 Å². The lowest BCUT2D eigenvalue weighted by molar-refractivity contribution is 0.471. The lowest BCUT2D eigenvalue weighted by Gasteiger charge is -2.13. The van der Waals surface area contributed by atoms with Crippen LogP contribution in [0.5, 0.6) is 5.75 Å². The smallest absolute Gasteiger partial charge is 0.275 e. The number of benzene rings is 1. The SMILES string of the molecule is Cc1cc(C)c(-n2nc(N)c(O)cc2=O)c(C)c1. The standard InChI is InChI=1S/C13H15N3O2/c1-7-4-8(2)12(9(3)5-7)16-11(18)6-10(17)13(14)15-16/h4-6,17H,1-3H3,(H2,14,15). The zero-order chi connectivity index (χ0) is 13.4. The van der Waals surface area contributed by atoms with Crippen molar-refractivity contribution in [3.63, 3.8) is 0 Å². The molecule has 5 heteroatoms. The first-order chi connectivity index (χ1) is 8.40. The summed E-state index contributed by atoms with van der Waals surface area (Å²) in [5.74, 6) is -0.354. The Labute approximate surface area is 104 Å². The zero-order valence-corrected chi connectivity index (χ0v) is 10.6. The van der Waals surface area contributed by atoms with Crippen LogP contribution in [0.2, 0.25) is 0 Å². The van der Waals surface area contributed by atoms with Gasteiger partial charge in [-0.15, -0.1) is 5.10 Å². The summed E-state index contributed by atoms with van der Waals surface area (Å²) in [5, 5.41) is 13.3. The lowest BCUT2D eigenvalue weighted by atomic mass is 10.1. The van der Waals surface area contributed by atoms with Gasteiger partial charge >= 0.3 is 0 Å². The lowest BCUT2D eigenvalue weighted by Crippen LogP contribution is -2.23. The first-order valence-corrected chi connectivity index (χ1v) is 5.57. The number of rotatable bonds is 1. The van der Waals surface area contributed by atoms with Crippen LogP contribution in [0.15, 0.2) is 23.0 Å². The third-order valence-electron chi connectivity index (χ3n) is 2.79. The molecule has 0 radical (unpaired) electrons. The van der Waals surface area contributed by atoms with E-state index in [0.29, 0.717) is 5.69 Å². The normalized spacial score (nSPS) is 10.6. The maximum Gasteiger partial charge on any atom is 0.275 e. The van der Waals surface area contributed by atoms with Crippen molar-refractivity contribution in [2.24, 2.45) is 0 Å². The van der Waals surface area contributed by atoms with E-state index >= 15 is 0 Å². The molecule has 0 amide bonds. The summed E-state index contributed by atoms with van der Waals surface area (Å²) in [5.41, 5.74) is 8.83. The first kappa shape index (κ1) is 12.2. The van der Waals surface area contributed by atoms with Gasteiger partial charge < -0.3 is 10.8 Å². The van der Waals surface area contributed by atoms with Crippen LogP contribution in [0.3, 0.4) is 0 Å². The van der Waals surface area contributed by atoms with Gasteiger partial charge in [0.25, 0.3) is 5.56 Å². The Morgan fingerprint density at radius 1 is 1.17 bits per heavy atom. The highest BCUT2D eigenvalue weighted by Gasteiger charge is 2.11. The highest BCUT2D eigenvalue weighted by molar-refractivity contribution is 5.50. The number of aryl methyl sites for hydroxylation is 3. The van der Waals surface area contributed by atoms with Gasteiger partial charge in [0.15, 0.2) is 11.6 Å². The van der Waals surface area contributed by atoms with Crippen molar-refractivity contribution in [2.75, 3.05) is 5.73 Å². The molecule has 0 aliphatic rings. The summed E-state index contributed by atoms with van der Waals surface area (Å²) in [7, 11) is 0. The molecular weight excluding hydrogens is 230 g/mol. The van der Waals surface area contributed by atoms with E-state index in [-0.39, 0.29) is 11.6 Å². The van der Waals surface area contributed by atoms with Crippen molar-refractivity contribution in [2.45, 2.75) is 20.8 Å². The van der Waals surface area contributed by atoms with Crippen LogP contribution < -0.4 is 11.3 Å². The molecule has 0 bridgehead atoms. The fourth-order valence-corrected chi connectivity index (χ4v) is 2.13. The van der Waals surface area contributed by atoms with Crippen LogP contribution in [0.25, 0.3) is 5.69 Å². The molecule has 3 N–H and O–H groups in total. The quantitative estimate of drug-likeness (QED) is 0.796. The third-order valence-corrected chi connectivity index (χ3v) is 2.79. The molecule has 1 aromatic heterocycles. The average Bonchev–Trinajstić information content (AvgIpc) is 2.24. The van der Waals surface area contributed by atoms with Gasteiger partial charge in [0, 0.05) is 0 Å². The Balaban J connectivity index is 2.78. The number of hydrogen-bond acceptors (Lipinski definition) is 4. The molecular formula is C13H15N3O2. The Morgan fingerprint density at radius 2 is 1.72 bits per heavy atom. The summed E-state index contributed by atoms with van der Waals surface area (Å²) in [6.45, 7) is 5.81.